The summed E-state index contributed by atoms with van der Waals surface area (Å²) >= 11 is 0. The number of carbonyl (C=O) groups excluding carboxylic acids is 1. The van der Waals surface area contributed by atoms with Crippen LogP contribution in [0, 0.1) is 0 Å². The fourth-order valence-electron chi connectivity index (χ4n) is 3.12. The topological polar surface area (TPSA) is 141 Å². The minimum Gasteiger partial charge on any atom is -0.387 e. The Morgan fingerprint density at radius 1 is 1.26 bits per heavy atom. The van der Waals surface area contributed by atoms with Crippen molar-refractivity contribution < 1.29 is 9.53 Å². The van der Waals surface area contributed by atoms with Gasteiger partial charge in [-0.25, -0.2) is 9.78 Å². The fourth-order valence-corrected chi connectivity index (χ4v) is 3.12. The van der Waals surface area contributed by atoms with E-state index in [-0.39, 0.29) is 18.0 Å². The van der Waals surface area contributed by atoms with Crippen molar-refractivity contribution in [3.05, 3.63) is 30.0 Å². The average molecular weight is 371 g/mol. The van der Waals surface area contributed by atoms with E-state index in [1.165, 1.54) is 0 Å². The molecule has 1 fully saturated rings. The number of primary amides is 1. The Balaban J connectivity index is 1.84. The van der Waals surface area contributed by atoms with Gasteiger partial charge in [-0.2, -0.15) is 0 Å². The summed E-state index contributed by atoms with van der Waals surface area (Å²) in [7, 11) is 0. The third-order valence-corrected chi connectivity index (χ3v) is 4.54. The number of pyridine rings is 1. The highest BCUT2D eigenvalue weighted by Gasteiger charge is 2.22. The molecule has 6 N–H and O–H groups in total. The Bertz CT molecular complexity index is 799. The van der Waals surface area contributed by atoms with E-state index in [0.717, 1.165) is 37.8 Å². The predicted molar refractivity (Wildman–Crippen MR) is 103 cm³/mol. The maximum Gasteiger partial charge on any atom is 0.411 e. The number of aryl methyl sites for hydroxylation is 1. The van der Waals surface area contributed by atoms with Gasteiger partial charge in [0.15, 0.2) is 5.82 Å². The average Bonchev–Trinajstić information content (AvgIpc) is 2.65. The van der Waals surface area contributed by atoms with Crippen molar-refractivity contribution in [2.75, 3.05) is 10.6 Å². The third kappa shape index (κ3) is 5.04. The summed E-state index contributed by atoms with van der Waals surface area (Å²) in [5.41, 5.74) is 12.7. The normalized spacial score (nSPS) is 19.3. The molecule has 1 saturated carbocycles. The molecule has 0 spiro atoms. The molecular formula is C18H25N7O2. The van der Waals surface area contributed by atoms with Crippen LogP contribution < -0.4 is 26.8 Å². The monoisotopic (exact) mass is 371 g/mol. The van der Waals surface area contributed by atoms with Crippen molar-refractivity contribution in [3.63, 3.8) is 0 Å². The molecule has 0 bridgehead atoms. The second-order valence-corrected chi connectivity index (χ2v) is 6.56. The van der Waals surface area contributed by atoms with Gasteiger partial charge < -0.3 is 26.8 Å². The largest absolute Gasteiger partial charge is 0.411 e. The summed E-state index contributed by atoms with van der Waals surface area (Å²) in [5, 5.41) is 14.5. The minimum atomic E-state index is -0.961. The van der Waals surface area contributed by atoms with Crippen LogP contribution in [-0.2, 0) is 6.42 Å². The van der Waals surface area contributed by atoms with E-state index in [2.05, 4.69) is 25.8 Å². The number of nitrogens with two attached hydrogens (primary N) is 2. The van der Waals surface area contributed by atoms with Gasteiger partial charge in [0, 0.05) is 23.8 Å². The van der Waals surface area contributed by atoms with E-state index in [9.17, 15) is 4.79 Å². The molecule has 144 valence electrons. The van der Waals surface area contributed by atoms with Gasteiger partial charge in [0.2, 0.25) is 0 Å². The SMILES string of the molecule is CCc1cccc(Nc2cc(N[C@@H]3CCCC[C@@H]3N)nnc2OC(N)=O)n1. The summed E-state index contributed by atoms with van der Waals surface area (Å²) < 4.78 is 4.96. The van der Waals surface area contributed by atoms with Crippen LogP contribution in [0.4, 0.5) is 22.1 Å². The van der Waals surface area contributed by atoms with Gasteiger partial charge in [-0.3, -0.25) is 0 Å². The van der Waals surface area contributed by atoms with Gasteiger partial charge in [0.1, 0.15) is 11.5 Å². The molecule has 0 unspecified atom stereocenters. The van der Waals surface area contributed by atoms with Gasteiger partial charge in [0.05, 0.1) is 0 Å². The summed E-state index contributed by atoms with van der Waals surface area (Å²) in [6.45, 7) is 2.02. The summed E-state index contributed by atoms with van der Waals surface area (Å²) in [4.78, 5) is 15.7. The highest BCUT2D eigenvalue weighted by Crippen LogP contribution is 2.28. The van der Waals surface area contributed by atoms with E-state index in [4.69, 9.17) is 16.2 Å². The van der Waals surface area contributed by atoms with E-state index in [1.54, 1.807) is 6.07 Å². The zero-order valence-electron chi connectivity index (χ0n) is 15.3. The first kappa shape index (κ1) is 18.8. The lowest BCUT2D eigenvalue weighted by atomic mass is 9.91. The molecule has 0 radical (unpaired) electrons. The van der Waals surface area contributed by atoms with E-state index in [0.29, 0.717) is 17.3 Å². The molecule has 3 rings (SSSR count). The molecule has 27 heavy (non-hydrogen) atoms. The standard InChI is InChI=1S/C18H25N7O2/c1-2-11-6-5-9-15(21-11)23-14-10-16(24-25-17(14)27-18(20)26)22-13-8-4-3-7-12(13)19/h5-6,9-10,12-13H,2-4,7-8,19H2,1H3,(H2,20,26)(H2,21,22,23,24)/t12-,13+/m0/s1. The molecule has 0 aliphatic heterocycles. The molecule has 2 aromatic rings. The highest BCUT2D eigenvalue weighted by atomic mass is 16.6. The van der Waals surface area contributed by atoms with Gasteiger partial charge in [-0.1, -0.05) is 25.8 Å². The number of anilines is 3. The number of nitrogens with zero attached hydrogens (tertiary/aromatic N) is 3. The van der Waals surface area contributed by atoms with Crippen LogP contribution in [0.1, 0.15) is 38.3 Å². The quantitative estimate of drug-likeness (QED) is 0.606. The van der Waals surface area contributed by atoms with E-state index in [1.807, 2.05) is 25.1 Å². The maximum atomic E-state index is 11.2. The molecule has 1 amide bonds. The Morgan fingerprint density at radius 3 is 2.81 bits per heavy atom. The number of amides is 1. The fraction of sp³-hybridized carbons (Fsp3) is 0.444. The minimum absolute atomic E-state index is 0.00954. The maximum absolute atomic E-state index is 11.2. The predicted octanol–water partition coefficient (Wildman–Crippen LogP) is 2.32. The molecule has 0 saturated heterocycles. The zero-order chi connectivity index (χ0) is 19.2. The number of hydrogen-bond donors (Lipinski definition) is 4. The Kier molecular flexibility index (Phi) is 6.02. The summed E-state index contributed by atoms with van der Waals surface area (Å²) in [6.07, 6.45) is 4.07. The number of ether oxygens (including phenoxy) is 1. The smallest absolute Gasteiger partial charge is 0.387 e. The van der Waals surface area contributed by atoms with Gasteiger partial charge in [-0.05, 0) is 31.4 Å². The molecule has 2 aromatic heterocycles. The van der Waals surface area contributed by atoms with Crippen molar-refractivity contribution in [3.8, 4) is 5.88 Å². The first-order valence-corrected chi connectivity index (χ1v) is 9.15. The van der Waals surface area contributed by atoms with Gasteiger partial charge in [0.25, 0.3) is 5.88 Å². The van der Waals surface area contributed by atoms with Crippen molar-refractivity contribution in [2.45, 2.75) is 51.1 Å². The summed E-state index contributed by atoms with van der Waals surface area (Å²) in [5.74, 6) is 1.14. The first-order chi connectivity index (χ1) is 13.0. The summed E-state index contributed by atoms with van der Waals surface area (Å²) in [6, 6.07) is 7.57. The molecule has 1 aliphatic carbocycles. The van der Waals surface area contributed by atoms with E-state index >= 15 is 0 Å². The lowest BCUT2D eigenvalue weighted by molar-refractivity contribution is 0.209. The van der Waals surface area contributed by atoms with Crippen LogP contribution in [0.15, 0.2) is 24.3 Å². The van der Waals surface area contributed by atoms with Crippen LogP contribution in [0.25, 0.3) is 0 Å². The Labute approximate surface area is 157 Å². The van der Waals surface area contributed by atoms with Crippen molar-refractivity contribution >= 4 is 23.4 Å². The molecule has 1 aliphatic rings. The Hall–Kier alpha value is -2.94. The molecule has 9 heteroatoms. The number of hydrogen-bond acceptors (Lipinski definition) is 8. The molecule has 9 nitrogen and oxygen atoms in total. The second-order valence-electron chi connectivity index (χ2n) is 6.56. The number of carbonyl (C=O) groups is 1. The van der Waals surface area contributed by atoms with Gasteiger partial charge >= 0.3 is 6.09 Å². The van der Waals surface area contributed by atoms with Crippen LogP contribution in [0.2, 0.25) is 0 Å². The third-order valence-electron chi connectivity index (χ3n) is 4.54. The highest BCUT2D eigenvalue weighted by molar-refractivity contribution is 5.73. The van der Waals surface area contributed by atoms with Crippen molar-refractivity contribution in [1.29, 1.82) is 0 Å². The molecule has 0 aromatic carbocycles. The van der Waals surface area contributed by atoms with Crippen LogP contribution in [0.5, 0.6) is 5.88 Å². The molecule has 2 atom stereocenters. The second kappa shape index (κ2) is 8.63. The number of aromatic nitrogens is 3. The van der Waals surface area contributed by atoms with Crippen LogP contribution >= 0.6 is 0 Å². The zero-order valence-corrected chi connectivity index (χ0v) is 15.3. The number of nitrogens with one attached hydrogen (secondary N) is 2. The first-order valence-electron chi connectivity index (χ1n) is 9.15. The van der Waals surface area contributed by atoms with Crippen molar-refractivity contribution in [1.82, 2.24) is 15.2 Å². The van der Waals surface area contributed by atoms with Crippen molar-refractivity contribution in [2.24, 2.45) is 11.5 Å². The van der Waals surface area contributed by atoms with Crippen LogP contribution in [0.3, 0.4) is 0 Å². The lowest BCUT2D eigenvalue weighted by Gasteiger charge is -2.29. The lowest BCUT2D eigenvalue weighted by Crippen LogP contribution is -2.42. The number of rotatable bonds is 6. The van der Waals surface area contributed by atoms with Gasteiger partial charge in [-0.15, -0.1) is 10.2 Å². The van der Waals surface area contributed by atoms with Crippen LogP contribution in [-0.4, -0.2) is 33.4 Å². The van der Waals surface area contributed by atoms with E-state index < -0.39 is 6.09 Å². The Morgan fingerprint density at radius 2 is 2.07 bits per heavy atom. The molecular weight excluding hydrogens is 346 g/mol. The molecule has 2 heterocycles.